The molecule has 0 fully saturated rings. The quantitative estimate of drug-likeness (QED) is 0.700. The van der Waals surface area contributed by atoms with Gasteiger partial charge in [-0.05, 0) is 27.3 Å². The minimum Gasteiger partial charge on any atom is -0.312 e. The smallest absolute Gasteiger partial charge is 0.00963 e. The minimum absolute atomic E-state index is 0. The van der Waals surface area contributed by atoms with Crippen molar-refractivity contribution in [3.8, 4) is 0 Å². The van der Waals surface area contributed by atoms with Crippen LogP contribution in [0.3, 0.4) is 0 Å². The molecule has 0 aromatic carbocycles. The second-order valence-corrected chi connectivity index (χ2v) is 2.78. The van der Waals surface area contributed by atoms with E-state index in [9.17, 15) is 0 Å². The van der Waals surface area contributed by atoms with E-state index < -0.39 is 0 Å². The maximum atomic E-state index is 3.28. The van der Waals surface area contributed by atoms with Crippen LogP contribution < -0.4 is 5.32 Å². The molecule has 0 bridgehead atoms. The van der Waals surface area contributed by atoms with Gasteiger partial charge in [0.15, 0.2) is 0 Å². The Balaban J connectivity index is -0.000000180. The lowest BCUT2D eigenvalue weighted by atomic mass is 10.1. The summed E-state index contributed by atoms with van der Waals surface area (Å²) in [4.78, 5) is 0. The van der Waals surface area contributed by atoms with Crippen LogP contribution in [0.4, 0.5) is 0 Å². The molecular formula is C7H20IN. The van der Waals surface area contributed by atoms with Crippen LogP contribution in [0, 0.1) is 0 Å². The zero-order chi connectivity index (χ0) is 5.91. The Labute approximate surface area is 76.6 Å². The molecule has 9 heavy (non-hydrogen) atoms. The molecule has 0 spiro atoms. The molecule has 1 N–H and O–H groups in total. The summed E-state index contributed by atoms with van der Waals surface area (Å²) in [6.45, 7) is 9.66. The molecule has 0 aromatic rings. The summed E-state index contributed by atoms with van der Waals surface area (Å²) in [6, 6.07) is 0. The predicted molar refractivity (Wildman–Crippen MR) is 55.6 cm³/mol. The van der Waals surface area contributed by atoms with Crippen LogP contribution in [0.25, 0.3) is 0 Å². The molecule has 0 aromatic heterocycles. The molecule has 0 amide bonds. The van der Waals surface area contributed by atoms with Gasteiger partial charge in [0.2, 0.25) is 0 Å². The first-order valence-electron chi connectivity index (χ1n) is 2.81. The second-order valence-electron chi connectivity index (χ2n) is 2.78. The first-order chi connectivity index (χ1) is 3.06. The predicted octanol–water partition coefficient (Wildman–Crippen LogP) is 2.65. The third-order valence-corrected chi connectivity index (χ3v) is 0.707. The van der Waals surface area contributed by atoms with Crippen molar-refractivity contribution in [3.63, 3.8) is 0 Å². The van der Waals surface area contributed by atoms with Crippen LogP contribution in [-0.4, -0.2) is 12.1 Å². The first-order valence-corrected chi connectivity index (χ1v) is 2.81. The molecule has 0 atom stereocenters. The fourth-order valence-electron chi connectivity index (χ4n) is 0.530. The third-order valence-electron chi connectivity index (χ3n) is 0.707. The van der Waals surface area contributed by atoms with Gasteiger partial charge in [0.05, 0.1) is 0 Å². The van der Waals surface area contributed by atoms with Crippen LogP contribution in [-0.2, 0) is 0 Å². The summed E-state index contributed by atoms with van der Waals surface area (Å²) >= 11 is 0. The van der Waals surface area contributed by atoms with E-state index in [0.717, 1.165) is 6.54 Å². The van der Waals surface area contributed by atoms with Gasteiger partial charge in [-0.15, -0.1) is 24.0 Å². The molecule has 0 aliphatic heterocycles. The van der Waals surface area contributed by atoms with Gasteiger partial charge in [-0.25, -0.2) is 0 Å². The maximum absolute atomic E-state index is 3.28. The summed E-state index contributed by atoms with van der Waals surface area (Å²) < 4.78 is 0. The molecule has 1 nitrogen and oxygen atoms in total. The second kappa shape index (κ2) is 6.81. The fraction of sp³-hybridized carbons (Fsp3) is 1.00. The van der Waals surface area contributed by atoms with Gasteiger partial charge in [0.25, 0.3) is 0 Å². The average molecular weight is 245 g/mol. The highest BCUT2D eigenvalue weighted by Gasteiger charge is 2.04. The van der Waals surface area contributed by atoms with Gasteiger partial charge in [0.1, 0.15) is 0 Å². The zero-order valence-electron chi connectivity index (χ0n) is 6.12. The van der Waals surface area contributed by atoms with E-state index in [1.54, 1.807) is 0 Å². The van der Waals surface area contributed by atoms with E-state index in [4.69, 9.17) is 0 Å². The standard InChI is InChI=1S/C6H15N.CH4.HI/c1-5-7-6(2,3)4;;/h7H,5H2,1-4H3;1H4;1H. The monoisotopic (exact) mass is 245 g/mol. The summed E-state index contributed by atoms with van der Waals surface area (Å²) in [5.41, 5.74) is 0.300. The topological polar surface area (TPSA) is 12.0 Å². The molecule has 0 aliphatic carbocycles. The number of halogens is 1. The lowest BCUT2D eigenvalue weighted by Crippen LogP contribution is -2.35. The highest BCUT2D eigenvalue weighted by molar-refractivity contribution is 14.0. The number of nitrogens with one attached hydrogen (secondary N) is 1. The summed E-state index contributed by atoms with van der Waals surface area (Å²) in [5, 5.41) is 3.28. The van der Waals surface area contributed by atoms with Crippen molar-refractivity contribution < 1.29 is 0 Å². The molecule has 0 saturated heterocycles. The normalized spacial score (nSPS) is 9.33. The van der Waals surface area contributed by atoms with Crippen LogP contribution >= 0.6 is 24.0 Å². The number of hydrogen-bond donors (Lipinski definition) is 1. The van der Waals surface area contributed by atoms with E-state index in [-0.39, 0.29) is 31.4 Å². The van der Waals surface area contributed by atoms with Gasteiger partial charge < -0.3 is 5.32 Å². The van der Waals surface area contributed by atoms with Crippen LogP contribution in [0.15, 0.2) is 0 Å². The van der Waals surface area contributed by atoms with E-state index in [0.29, 0.717) is 5.54 Å². The summed E-state index contributed by atoms with van der Waals surface area (Å²) in [5.74, 6) is 0. The van der Waals surface area contributed by atoms with E-state index in [1.165, 1.54) is 0 Å². The third kappa shape index (κ3) is 17.7. The van der Waals surface area contributed by atoms with Crippen LogP contribution in [0.1, 0.15) is 35.1 Å². The molecule has 2 heteroatoms. The average Bonchev–Trinajstić information content (AvgIpc) is 1.30. The molecule has 0 unspecified atom stereocenters. The fourth-order valence-corrected chi connectivity index (χ4v) is 0.530. The van der Waals surface area contributed by atoms with E-state index >= 15 is 0 Å². The number of hydrogen-bond acceptors (Lipinski definition) is 1. The van der Waals surface area contributed by atoms with Gasteiger partial charge in [-0.3, -0.25) is 0 Å². The van der Waals surface area contributed by atoms with Crippen molar-refractivity contribution in [1.29, 1.82) is 0 Å². The van der Waals surface area contributed by atoms with Crippen molar-refractivity contribution in [1.82, 2.24) is 5.32 Å². The minimum atomic E-state index is 0. The Hall–Kier alpha value is 0.690. The van der Waals surface area contributed by atoms with Crippen molar-refractivity contribution in [2.75, 3.05) is 6.54 Å². The zero-order valence-corrected chi connectivity index (χ0v) is 8.45. The first kappa shape index (κ1) is 16.3. The lowest BCUT2D eigenvalue weighted by molar-refractivity contribution is 0.439. The maximum Gasteiger partial charge on any atom is 0.00963 e. The Kier molecular flexibility index (Phi) is 12.4. The summed E-state index contributed by atoms with van der Waals surface area (Å²) in [6.07, 6.45) is 0. The molecule has 0 heterocycles. The molecule has 60 valence electrons. The largest absolute Gasteiger partial charge is 0.312 e. The van der Waals surface area contributed by atoms with Crippen molar-refractivity contribution in [2.45, 2.75) is 40.7 Å². The van der Waals surface area contributed by atoms with Crippen LogP contribution in [0.2, 0.25) is 0 Å². The van der Waals surface area contributed by atoms with Crippen molar-refractivity contribution >= 4 is 24.0 Å². The molecule has 0 radical (unpaired) electrons. The van der Waals surface area contributed by atoms with E-state index in [1.807, 2.05) is 0 Å². The molecule has 0 saturated carbocycles. The van der Waals surface area contributed by atoms with Gasteiger partial charge in [-0.1, -0.05) is 14.4 Å². The number of rotatable bonds is 1. The van der Waals surface area contributed by atoms with Crippen molar-refractivity contribution in [3.05, 3.63) is 0 Å². The Morgan fingerprint density at radius 2 is 1.56 bits per heavy atom. The van der Waals surface area contributed by atoms with Gasteiger partial charge >= 0.3 is 0 Å². The Morgan fingerprint density at radius 1 is 1.22 bits per heavy atom. The van der Waals surface area contributed by atoms with E-state index in [2.05, 4.69) is 33.0 Å². The molecule has 0 aliphatic rings. The molecule has 0 rings (SSSR count). The summed E-state index contributed by atoms with van der Waals surface area (Å²) in [7, 11) is 0. The Bertz CT molecular complexity index is 47.4. The van der Waals surface area contributed by atoms with Crippen molar-refractivity contribution in [2.24, 2.45) is 0 Å². The SMILES string of the molecule is C.CCNC(C)(C)C.I. The van der Waals surface area contributed by atoms with Gasteiger partial charge in [0, 0.05) is 5.54 Å². The highest BCUT2D eigenvalue weighted by atomic mass is 127. The van der Waals surface area contributed by atoms with Gasteiger partial charge in [-0.2, -0.15) is 0 Å². The highest BCUT2D eigenvalue weighted by Crippen LogP contribution is 1.95. The lowest BCUT2D eigenvalue weighted by Gasteiger charge is -2.18. The molecular weight excluding hydrogens is 225 g/mol. The Morgan fingerprint density at radius 3 is 1.56 bits per heavy atom. The van der Waals surface area contributed by atoms with Crippen LogP contribution in [0.5, 0.6) is 0 Å².